The molecule has 0 bridgehead atoms. The summed E-state index contributed by atoms with van der Waals surface area (Å²) in [6.45, 7) is 0. The van der Waals surface area contributed by atoms with Gasteiger partial charge in [0.25, 0.3) is 0 Å². The van der Waals surface area contributed by atoms with E-state index in [1.807, 2.05) is 18.2 Å². The molecule has 0 aliphatic rings. The summed E-state index contributed by atoms with van der Waals surface area (Å²) in [5.74, 6) is 0. The van der Waals surface area contributed by atoms with Crippen LogP contribution < -0.4 is 0 Å². The van der Waals surface area contributed by atoms with Crippen molar-refractivity contribution in [2.45, 2.75) is 11.8 Å². The Morgan fingerprint density at radius 2 is 2.17 bits per heavy atom. The first-order chi connectivity index (χ1) is 5.77. The Bertz CT molecular complexity index is 284. The molecule has 0 aliphatic carbocycles. The molecule has 0 amide bonds. The Labute approximate surface area is 88.4 Å². The second kappa shape index (κ2) is 4.77. The van der Waals surface area contributed by atoms with Gasteiger partial charge in [-0.2, -0.15) is 0 Å². The predicted octanol–water partition coefficient (Wildman–Crippen LogP) is 3.09. The molecular formula is C9H8Br2O. The van der Waals surface area contributed by atoms with Crippen LogP contribution in [0.15, 0.2) is 22.7 Å². The maximum atomic E-state index is 10.2. The van der Waals surface area contributed by atoms with E-state index in [1.165, 1.54) is 5.56 Å². The summed E-state index contributed by atoms with van der Waals surface area (Å²) in [5.41, 5.74) is 2.23. The van der Waals surface area contributed by atoms with Crippen molar-refractivity contribution in [3.05, 3.63) is 33.8 Å². The Balaban J connectivity index is 2.96. The molecule has 0 unspecified atom stereocenters. The minimum absolute atomic E-state index is 0.493. The van der Waals surface area contributed by atoms with E-state index in [0.717, 1.165) is 21.7 Å². The zero-order valence-electron chi connectivity index (χ0n) is 6.39. The summed E-state index contributed by atoms with van der Waals surface area (Å²) < 4.78 is 1.08. The molecule has 1 aromatic rings. The van der Waals surface area contributed by atoms with Gasteiger partial charge in [-0.1, -0.05) is 44.0 Å². The zero-order chi connectivity index (χ0) is 8.97. The van der Waals surface area contributed by atoms with Crippen LogP contribution in [-0.4, -0.2) is 6.29 Å². The van der Waals surface area contributed by atoms with E-state index in [4.69, 9.17) is 0 Å². The van der Waals surface area contributed by atoms with Gasteiger partial charge in [-0.05, 0) is 17.2 Å². The van der Waals surface area contributed by atoms with Crippen molar-refractivity contribution in [2.24, 2.45) is 0 Å². The van der Waals surface area contributed by atoms with Crippen molar-refractivity contribution < 1.29 is 4.79 Å². The summed E-state index contributed by atoms with van der Waals surface area (Å²) in [6, 6.07) is 5.94. The molecule has 64 valence electrons. The summed E-state index contributed by atoms with van der Waals surface area (Å²) in [6.07, 6.45) is 1.41. The maximum absolute atomic E-state index is 10.2. The van der Waals surface area contributed by atoms with Crippen LogP contribution in [0.4, 0.5) is 0 Å². The number of halogens is 2. The van der Waals surface area contributed by atoms with Gasteiger partial charge >= 0.3 is 0 Å². The van der Waals surface area contributed by atoms with Crippen LogP contribution in [0.3, 0.4) is 0 Å². The van der Waals surface area contributed by atoms with Crippen molar-refractivity contribution in [1.29, 1.82) is 0 Å². The van der Waals surface area contributed by atoms with Crippen molar-refractivity contribution in [1.82, 2.24) is 0 Å². The van der Waals surface area contributed by atoms with Crippen molar-refractivity contribution in [3.8, 4) is 0 Å². The number of alkyl halides is 1. The minimum atomic E-state index is 0.493. The van der Waals surface area contributed by atoms with E-state index in [-0.39, 0.29) is 0 Å². The molecule has 0 heterocycles. The van der Waals surface area contributed by atoms with Gasteiger partial charge in [0.1, 0.15) is 6.29 Å². The van der Waals surface area contributed by atoms with Gasteiger partial charge < -0.3 is 4.79 Å². The van der Waals surface area contributed by atoms with Gasteiger partial charge in [-0.3, -0.25) is 0 Å². The summed E-state index contributed by atoms with van der Waals surface area (Å²) in [4.78, 5) is 10.2. The number of rotatable bonds is 3. The van der Waals surface area contributed by atoms with Crippen LogP contribution in [0.2, 0.25) is 0 Å². The van der Waals surface area contributed by atoms with E-state index in [1.54, 1.807) is 0 Å². The Hall–Kier alpha value is -0.150. The lowest BCUT2D eigenvalue weighted by molar-refractivity contribution is -0.107. The van der Waals surface area contributed by atoms with Crippen LogP contribution in [0.25, 0.3) is 0 Å². The predicted molar refractivity (Wildman–Crippen MR) is 56.5 cm³/mol. The molecular weight excluding hydrogens is 284 g/mol. The lowest BCUT2D eigenvalue weighted by Crippen LogP contribution is -1.88. The second-order valence-corrected chi connectivity index (χ2v) is 3.85. The summed E-state index contributed by atoms with van der Waals surface area (Å²) in [7, 11) is 0. The second-order valence-electron chi connectivity index (χ2n) is 2.43. The molecule has 3 heteroatoms. The number of hydrogen-bond acceptors (Lipinski definition) is 1. The number of hydrogen-bond donors (Lipinski definition) is 0. The number of aldehydes is 1. The molecule has 0 saturated carbocycles. The molecule has 12 heavy (non-hydrogen) atoms. The van der Waals surface area contributed by atoms with Crippen molar-refractivity contribution >= 4 is 38.1 Å². The third-order valence-corrected chi connectivity index (χ3v) is 2.95. The lowest BCUT2D eigenvalue weighted by atomic mass is 10.1. The third-order valence-electron chi connectivity index (χ3n) is 1.57. The molecule has 0 spiro atoms. The number of carbonyl (C=O) groups excluding carboxylic acids is 1. The monoisotopic (exact) mass is 290 g/mol. The van der Waals surface area contributed by atoms with Gasteiger partial charge in [0, 0.05) is 16.2 Å². The zero-order valence-corrected chi connectivity index (χ0v) is 9.56. The smallest absolute Gasteiger partial charge is 0.124 e. The highest BCUT2D eigenvalue weighted by atomic mass is 79.9. The van der Waals surface area contributed by atoms with Gasteiger partial charge in [0.05, 0.1) is 0 Å². The number of benzene rings is 1. The quantitative estimate of drug-likeness (QED) is 0.618. The van der Waals surface area contributed by atoms with E-state index in [0.29, 0.717) is 6.42 Å². The van der Waals surface area contributed by atoms with E-state index < -0.39 is 0 Å². The molecule has 0 N–H and O–H groups in total. The molecule has 0 aliphatic heterocycles. The average Bonchev–Trinajstić information content (AvgIpc) is 2.09. The molecule has 1 nitrogen and oxygen atoms in total. The van der Waals surface area contributed by atoms with E-state index >= 15 is 0 Å². The van der Waals surface area contributed by atoms with Gasteiger partial charge in [-0.25, -0.2) is 0 Å². The standard InChI is InChI=1S/C9H8Br2O/c10-6-8-5-7(3-4-12)1-2-9(8)11/h1-2,4-5H,3,6H2. The van der Waals surface area contributed by atoms with Crippen molar-refractivity contribution in [3.63, 3.8) is 0 Å². The molecule has 1 aromatic carbocycles. The molecule has 0 aromatic heterocycles. The minimum Gasteiger partial charge on any atom is -0.303 e. The van der Waals surface area contributed by atoms with Crippen LogP contribution >= 0.6 is 31.9 Å². The first-order valence-electron chi connectivity index (χ1n) is 3.55. The highest BCUT2D eigenvalue weighted by molar-refractivity contribution is 9.10. The largest absolute Gasteiger partial charge is 0.303 e. The Morgan fingerprint density at radius 1 is 1.42 bits per heavy atom. The molecule has 0 fully saturated rings. The normalized spacial score (nSPS) is 9.83. The Kier molecular flexibility index (Phi) is 3.95. The first-order valence-corrected chi connectivity index (χ1v) is 5.46. The Morgan fingerprint density at radius 3 is 2.75 bits per heavy atom. The van der Waals surface area contributed by atoms with Crippen LogP contribution in [0.5, 0.6) is 0 Å². The van der Waals surface area contributed by atoms with E-state index in [2.05, 4.69) is 31.9 Å². The van der Waals surface area contributed by atoms with Crippen molar-refractivity contribution in [2.75, 3.05) is 0 Å². The topological polar surface area (TPSA) is 17.1 Å². The highest BCUT2D eigenvalue weighted by Gasteiger charge is 1.99. The summed E-state index contributed by atoms with van der Waals surface area (Å²) >= 11 is 6.80. The van der Waals surface area contributed by atoms with E-state index in [9.17, 15) is 4.79 Å². The SMILES string of the molecule is O=CCc1ccc(Br)c(CBr)c1. The fraction of sp³-hybridized carbons (Fsp3) is 0.222. The van der Waals surface area contributed by atoms with Gasteiger partial charge in [-0.15, -0.1) is 0 Å². The number of carbonyl (C=O) groups is 1. The molecule has 0 radical (unpaired) electrons. The molecule has 1 rings (SSSR count). The maximum Gasteiger partial charge on any atom is 0.124 e. The van der Waals surface area contributed by atoms with Gasteiger partial charge in [0.15, 0.2) is 0 Å². The van der Waals surface area contributed by atoms with Crippen LogP contribution in [-0.2, 0) is 16.5 Å². The molecule has 0 saturated heterocycles. The van der Waals surface area contributed by atoms with Gasteiger partial charge in [0.2, 0.25) is 0 Å². The van der Waals surface area contributed by atoms with Crippen LogP contribution in [0.1, 0.15) is 11.1 Å². The first kappa shape index (κ1) is 9.93. The average molecular weight is 292 g/mol. The fourth-order valence-electron chi connectivity index (χ4n) is 0.954. The third kappa shape index (κ3) is 2.42. The molecule has 0 atom stereocenters. The van der Waals surface area contributed by atoms with Crippen LogP contribution in [0, 0.1) is 0 Å². The highest BCUT2D eigenvalue weighted by Crippen LogP contribution is 2.20. The summed E-state index contributed by atoms with van der Waals surface area (Å²) in [5, 5.41) is 0.806. The fourth-order valence-corrected chi connectivity index (χ4v) is 2.18. The lowest BCUT2D eigenvalue weighted by Gasteiger charge is -2.02.